The molecule has 0 fully saturated rings. The summed E-state index contributed by atoms with van der Waals surface area (Å²) < 4.78 is 1.69. The number of nitro benzene ring substituents is 1. The van der Waals surface area contributed by atoms with Gasteiger partial charge < -0.3 is 10.6 Å². The number of para-hydroxylation sites is 1. The molecule has 0 unspecified atom stereocenters. The van der Waals surface area contributed by atoms with E-state index in [4.69, 9.17) is 5.10 Å². The Kier molecular flexibility index (Phi) is 6.38. The van der Waals surface area contributed by atoms with Crippen molar-refractivity contribution in [2.75, 3.05) is 11.9 Å². The van der Waals surface area contributed by atoms with E-state index in [0.29, 0.717) is 5.82 Å². The molecule has 0 aliphatic rings. The molecule has 9 nitrogen and oxygen atoms in total. The van der Waals surface area contributed by atoms with Crippen LogP contribution in [0.5, 0.6) is 0 Å². The van der Waals surface area contributed by atoms with Gasteiger partial charge in [0.2, 0.25) is 5.91 Å². The Morgan fingerprint density at radius 1 is 1.09 bits per heavy atom. The lowest BCUT2D eigenvalue weighted by Gasteiger charge is -2.14. The highest BCUT2D eigenvalue weighted by Gasteiger charge is 2.22. The molecule has 0 spiro atoms. The van der Waals surface area contributed by atoms with Crippen LogP contribution in [-0.4, -0.2) is 33.1 Å². The Hall–Kier alpha value is -4.01. The zero-order chi connectivity index (χ0) is 23.5. The van der Waals surface area contributed by atoms with E-state index in [1.807, 2.05) is 58.0 Å². The van der Waals surface area contributed by atoms with Crippen LogP contribution in [0.25, 0.3) is 5.69 Å². The lowest BCUT2D eigenvalue weighted by molar-refractivity contribution is -0.384. The van der Waals surface area contributed by atoms with Crippen molar-refractivity contribution in [2.45, 2.75) is 33.1 Å². The van der Waals surface area contributed by atoms with Gasteiger partial charge in [-0.05, 0) is 30.7 Å². The fraction of sp³-hybridized carbons (Fsp3) is 0.261. The number of nitrogens with zero attached hydrogens (tertiary/aromatic N) is 3. The molecule has 0 bridgehead atoms. The van der Waals surface area contributed by atoms with Crippen molar-refractivity contribution < 1.29 is 14.5 Å². The summed E-state index contributed by atoms with van der Waals surface area (Å²) in [7, 11) is 0. The molecule has 3 aromatic rings. The highest BCUT2D eigenvalue weighted by molar-refractivity contribution is 5.99. The third kappa shape index (κ3) is 5.18. The summed E-state index contributed by atoms with van der Waals surface area (Å²) in [6.07, 6.45) is 0. The maximum absolute atomic E-state index is 12.6. The second-order valence-corrected chi connectivity index (χ2v) is 8.40. The molecule has 3 rings (SSSR count). The Morgan fingerprint density at radius 3 is 2.34 bits per heavy atom. The number of aryl methyl sites for hydroxylation is 1. The van der Waals surface area contributed by atoms with Crippen LogP contribution < -0.4 is 10.6 Å². The largest absolute Gasteiger partial charge is 0.343 e. The van der Waals surface area contributed by atoms with Crippen LogP contribution in [-0.2, 0) is 10.2 Å². The second kappa shape index (κ2) is 9.01. The minimum atomic E-state index is -0.543. The third-order valence-electron chi connectivity index (χ3n) is 4.84. The summed E-state index contributed by atoms with van der Waals surface area (Å²) in [5, 5.41) is 20.8. The molecule has 0 saturated carbocycles. The molecule has 166 valence electrons. The lowest BCUT2D eigenvalue weighted by atomic mass is 9.92. The zero-order valence-corrected chi connectivity index (χ0v) is 18.4. The Bertz CT molecular complexity index is 1160. The van der Waals surface area contributed by atoms with E-state index >= 15 is 0 Å². The first kappa shape index (κ1) is 22.7. The Morgan fingerprint density at radius 2 is 1.75 bits per heavy atom. The van der Waals surface area contributed by atoms with E-state index in [1.54, 1.807) is 4.68 Å². The van der Waals surface area contributed by atoms with Crippen molar-refractivity contribution in [1.29, 1.82) is 0 Å². The van der Waals surface area contributed by atoms with E-state index in [0.717, 1.165) is 16.9 Å². The summed E-state index contributed by atoms with van der Waals surface area (Å²) in [6.45, 7) is 7.80. The first-order valence-electron chi connectivity index (χ1n) is 10.1. The van der Waals surface area contributed by atoms with Gasteiger partial charge in [0.25, 0.3) is 11.6 Å². The Balaban J connectivity index is 1.74. The standard InChI is InChI=1S/C23H25N5O4/c1-15-7-5-6-8-18(15)27-20(13-19(26-27)23(2,3)4)25-21(29)14-24-22(30)16-9-11-17(12-10-16)28(31)32/h5-13H,14H2,1-4H3,(H,24,30)(H,25,29). The maximum Gasteiger partial charge on any atom is 0.269 e. The molecule has 2 N–H and O–H groups in total. The van der Waals surface area contributed by atoms with Gasteiger partial charge in [0.05, 0.1) is 22.8 Å². The smallest absolute Gasteiger partial charge is 0.269 e. The van der Waals surface area contributed by atoms with E-state index < -0.39 is 16.7 Å². The van der Waals surface area contributed by atoms with Gasteiger partial charge in [-0.3, -0.25) is 19.7 Å². The molecular formula is C23H25N5O4. The third-order valence-corrected chi connectivity index (χ3v) is 4.84. The number of amides is 2. The van der Waals surface area contributed by atoms with Crippen LogP contribution in [0.1, 0.15) is 42.4 Å². The lowest BCUT2D eigenvalue weighted by Crippen LogP contribution is -2.33. The molecule has 9 heteroatoms. The van der Waals surface area contributed by atoms with Crippen molar-refractivity contribution >= 4 is 23.3 Å². The van der Waals surface area contributed by atoms with Gasteiger partial charge in [-0.15, -0.1) is 0 Å². The summed E-state index contributed by atoms with van der Waals surface area (Å²) >= 11 is 0. The topological polar surface area (TPSA) is 119 Å². The number of rotatable bonds is 6. The van der Waals surface area contributed by atoms with Gasteiger partial charge in [0.1, 0.15) is 5.82 Å². The van der Waals surface area contributed by atoms with Crippen LogP contribution in [0.2, 0.25) is 0 Å². The maximum atomic E-state index is 12.6. The number of nitrogens with one attached hydrogen (secondary N) is 2. The first-order valence-corrected chi connectivity index (χ1v) is 10.1. The van der Waals surface area contributed by atoms with Gasteiger partial charge in [-0.2, -0.15) is 5.10 Å². The molecule has 32 heavy (non-hydrogen) atoms. The van der Waals surface area contributed by atoms with E-state index in [1.165, 1.54) is 24.3 Å². The molecule has 0 atom stereocenters. The van der Waals surface area contributed by atoms with Crippen molar-refractivity contribution in [3.05, 3.63) is 81.5 Å². The van der Waals surface area contributed by atoms with Gasteiger partial charge in [0, 0.05) is 29.2 Å². The molecule has 0 radical (unpaired) electrons. The summed E-state index contributed by atoms with van der Waals surface area (Å²) in [5.41, 5.74) is 2.54. The number of hydrogen-bond acceptors (Lipinski definition) is 5. The fourth-order valence-corrected chi connectivity index (χ4v) is 3.01. The van der Waals surface area contributed by atoms with Crippen molar-refractivity contribution in [3.63, 3.8) is 0 Å². The molecule has 0 saturated heterocycles. The summed E-state index contributed by atoms with van der Waals surface area (Å²) in [5.74, 6) is -0.424. The SMILES string of the molecule is Cc1ccccc1-n1nc(C(C)(C)C)cc1NC(=O)CNC(=O)c1ccc([N+](=O)[O-])cc1. The number of hydrogen-bond donors (Lipinski definition) is 2. The number of aromatic nitrogens is 2. The molecule has 2 amide bonds. The minimum Gasteiger partial charge on any atom is -0.343 e. The number of carbonyl (C=O) groups excluding carboxylic acids is 2. The van der Waals surface area contributed by atoms with E-state index in [9.17, 15) is 19.7 Å². The summed E-state index contributed by atoms with van der Waals surface area (Å²) in [6, 6.07) is 14.7. The fourth-order valence-electron chi connectivity index (χ4n) is 3.01. The molecule has 0 aliphatic carbocycles. The van der Waals surface area contributed by atoms with Crippen LogP contribution in [0.15, 0.2) is 54.6 Å². The quantitative estimate of drug-likeness (QED) is 0.451. The van der Waals surface area contributed by atoms with Gasteiger partial charge in [0.15, 0.2) is 0 Å². The van der Waals surface area contributed by atoms with Gasteiger partial charge in [-0.1, -0.05) is 39.0 Å². The zero-order valence-electron chi connectivity index (χ0n) is 18.4. The minimum absolute atomic E-state index is 0.113. The van der Waals surface area contributed by atoms with Crippen LogP contribution in [0.3, 0.4) is 0 Å². The van der Waals surface area contributed by atoms with Crippen molar-refractivity contribution in [3.8, 4) is 5.69 Å². The Labute approximate surface area is 185 Å². The number of benzene rings is 2. The molecule has 0 aliphatic heterocycles. The van der Waals surface area contributed by atoms with Crippen molar-refractivity contribution in [2.24, 2.45) is 0 Å². The monoisotopic (exact) mass is 435 g/mol. The highest BCUT2D eigenvalue weighted by Crippen LogP contribution is 2.27. The molecule has 1 heterocycles. The van der Waals surface area contributed by atoms with Gasteiger partial charge >= 0.3 is 0 Å². The van der Waals surface area contributed by atoms with E-state index in [-0.39, 0.29) is 23.2 Å². The van der Waals surface area contributed by atoms with Crippen molar-refractivity contribution in [1.82, 2.24) is 15.1 Å². The van der Waals surface area contributed by atoms with Crippen LogP contribution in [0.4, 0.5) is 11.5 Å². The highest BCUT2D eigenvalue weighted by atomic mass is 16.6. The number of anilines is 1. The number of non-ortho nitro benzene ring substituents is 1. The molecule has 1 aromatic heterocycles. The predicted octanol–water partition coefficient (Wildman–Crippen LogP) is 3.75. The van der Waals surface area contributed by atoms with E-state index in [2.05, 4.69) is 10.6 Å². The van der Waals surface area contributed by atoms with Crippen LogP contribution >= 0.6 is 0 Å². The first-order chi connectivity index (χ1) is 15.1. The average Bonchev–Trinajstić information content (AvgIpc) is 3.16. The van der Waals surface area contributed by atoms with Crippen LogP contribution in [0, 0.1) is 17.0 Å². The molecular weight excluding hydrogens is 410 g/mol. The number of carbonyl (C=O) groups is 2. The average molecular weight is 435 g/mol. The normalized spacial score (nSPS) is 11.1. The molecule has 2 aromatic carbocycles. The second-order valence-electron chi connectivity index (χ2n) is 8.40. The summed E-state index contributed by atoms with van der Waals surface area (Å²) in [4.78, 5) is 35.0. The number of nitro groups is 1. The van der Waals surface area contributed by atoms with Gasteiger partial charge in [-0.25, -0.2) is 4.68 Å². The predicted molar refractivity (Wildman–Crippen MR) is 121 cm³/mol.